The summed E-state index contributed by atoms with van der Waals surface area (Å²) in [4.78, 5) is 0. The van der Waals surface area contributed by atoms with Crippen molar-refractivity contribution in [1.82, 2.24) is 9.78 Å². The standard InChI is InChI=1S/C12H14ClN3O/c1-3-7-4-8(13)5-9(11(7)17)10-6-15-16(2)12(10)14/h4-6,17H,3,14H2,1-2H3. The molecule has 17 heavy (non-hydrogen) atoms. The minimum absolute atomic E-state index is 0.219. The van der Waals surface area contributed by atoms with E-state index in [4.69, 9.17) is 17.3 Å². The Balaban J connectivity index is 2.67. The first kappa shape index (κ1) is 11.8. The Morgan fingerprint density at radius 2 is 2.12 bits per heavy atom. The van der Waals surface area contributed by atoms with Crippen molar-refractivity contribution in [2.75, 3.05) is 5.73 Å². The number of anilines is 1. The number of halogens is 1. The second-order valence-electron chi connectivity index (χ2n) is 3.88. The smallest absolute Gasteiger partial charge is 0.129 e. The van der Waals surface area contributed by atoms with Crippen LogP contribution in [0.5, 0.6) is 5.75 Å². The van der Waals surface area contributed by atoms with Crippen molar-refractivity contribution in [3.05, 3.63) is 28.9 Å². The van der Waals surface area contributed by atoms with Gasteiger partial charge in [0.2, 0.25) is 0 Å². The van der Waals surface area contributed by atoms with Crippen LogP contribution in [0, 0.1) is 0 Å². The molecule has 1 heterocycles. The molecule has 0 atom stereocenters. The average Bonchev–Trinajstić information content (AvgIpc) is 2.63. The molecule has 1 aromatic carbocycles. The Labute approximate surface area is 105 Å². The molecule has 2 rings (SSSR count). The highest BCUT2D eigenvalue weighted by molar-refractivity contribution is 6.31. The van der Waals surface area contributed by atoms with Gasteiger partial charge in [0.25, 0.3) is 0 Å². The molecular weight excluding hydrogens is 238 g/mol. The molecule has 0 aliphatic carbocycles. The Morgan fingerprint density at radius 1 is 1.41 bits per heavy atom. The third-order valence-corrected chi connectivity index (χ3v) is 3.03. The maximum Gasteiger partial charge on any atom is 0.129 e. The van der Waals surface area contributed by atoms with Crippen LogP contribution in [0.25, 0.3) is 11.1 Å². The molecule has 0 amide bonds. The molecule has 4 nitrogen and oxygen atoms in total. The van der Waals surface area contributed by atoms with Gasteiger partial charge < -0.3 is 10.8 Å². The number of hydrogen-bond donors (Lipinski definition) is 2. The third kappa shape index (κ3) is 1.96. The predicted molar refractivity (Wildman–Crippen MR) is 69.1 cm³/mol. The van der Waals surface area contributed by atoms with E-state index in [-0.39, 0.29) is 5.75 Å². The van der Waals surface area contributed by atoms with Gasteiger partial charge in [0.05, 0.1) is 6.20 Å². The van der Waals surface area contributed by atoms with E-state index in [0.717, 1.165) is 5.56 Å². The summed E-state index contributed by atoms with van der Waals surface area (Å²) < 4.78 is 1.56. The Hall–Kier alpha value is -1.68. The zero-order valence-corrected chi connectivity index (χ0v) is 10.5. The first-order chi connectivity index (χ1) is 8.04. The highest BCUT2D eigenvalue weighted by atomic mass is 35.5. The van der Waals surface area contributed by atoms with Gasteiger partial charge in [0.1, 0.15) is 11.6 Å². The van der Waals surface area contributed by atoms with Crippen LogP contribution in [0.2, 0.25) is 5.02 Å². The SMILES string of the molecule is CCc1cc(Cl)cc(-c2cnn(C)c2N)c1O. The fourth-order valence-corrected chi connectivity index (χ4v) is 2.03. The molecule has 0 unspecified atom stereocenters. The summed E-state index contributed by atoms with van der Waals surface area (Å²) >= 11 is 6.03. The maximum atomic E-state index is 10.1. The van der Waals surface area contributed by atoms with Crippen LogP contribution in [0.15, 0.2) is 18.3 Å². The first-order valence-corrected chi connectivity index (χ1v) is 5.71. The summed E-state index contributed by atoms with van der Waals surface area (Å²) in [5, 5.41) is 14.8. The van der Waals surface area contributed by atoms with Crippen molar-refractivity contribution in [3.8, 4) is 16.9 Å². The van der Waals surface area contributed by atoms with Crippen LogP contribution in [0.1, 0.15) is 12.5 Å². The number of benzene rings is 1. The number of aryl methyl sites for hydroxylation is 2. The zero-order chi connectivity index (χ0) is 12.6. The van der Waals surface area contributed by atoms with Crippen molar-refractivity contribution in [1.29, 1.82) is 0 Å². The minimum atomic E-state index is 0.219. The molecule has 1 aromatic heterocycles. The van der Waals surface area contributed by atoms with Crippen LogP contribution < -0.4 is 5.73 Å². The van der Waals surface area contributed by atoms with Crippen molar-refractivity contribution >= 4 is 17.4 Å². The zero-order valence-electron chi connectivity index (χ0n) is 9.74. The van der Waals surface area contributed by atoms with Gasteiger partial charge in [-0.25, -0.2) is 0 Å². The monoisotopic (exact) mass is 251 g/mol. The number of nitrogens with zero attached hydrogens (tertiary/aromatic N) is 2. The lowest BCUT2D eigenvalue weighted by atomic mass is 10.0. The third-order valence-electron chi connectivity index (χ3n) is 2.81. The van der Waals surface area contributed by atoms with E-state index >= 15 is 0 Å². The van der Waals surface area contributed by atoms with Crippen LogP contribution in [0.4, 0.5) is 5.82 Å². The number of aromatic nitrogens is 2. The molecular formula is C12H14ClN3O. The topological polar surface area (TPSA) is 64.1 Å². The van der Waals surface area contributed by atoms with Crippen LogP contribution in [-0.4, -0.2) is 14.9 Å². The molecule has 0 aliphatic rings. The number of nitrogen functional groups attached to an aromatic ring is 1. The van der Waals surface area contributed by atoms with Gasteiger partial charge in [-0.1, -0.05) is 18.5 Å². The lowest BCUT2D eigenvalue weighted by molar-refractivity contribution is 0.471. The van der Waals surface area contributed by atoms with Crippen molar-refractivity contribution in [3.63, 3.8) is 0 Å². The molecule has 0 aliphatic heterocycles. The molecule has 0 spiro atoms. The van der Waals surface area contributed by atoms with Crippen LogP contribution in [0.3, 0.4) is 0 Å². The molecule has 90 valence electrons. The minimum Gasteiger partial charge on any atom is -0.507 e. The van der Waals surface area contributed by atoms with Gasteiger partial charge in [0.15, 0.2) is 0 Å². The largest absolute Gasteiger partial charge is 0.507 e. The van der Waals surface area contributed by atoms with E-state index in [9.17, 15) is 5.11 Å². The molecule has 3 N–H and O–H groups in total. The quantitative estimate of drug-likeness (QED) is 0.862. The Kier molecular flexibility index (Phi) is 2.98. The summed E-state index contributed by atoms with van der Waals surface area (Å²) in [7, 11) is 1.75. The van der Waals surface area contributed by atoms with Gasteiger partial charge >= 0.3 is 0 Å². The molecule has 0 saturated heterocycles. The van der Waals surface area contributed by atoms with Gasteiger partial charge in [-0.3, -0.25) is 4.68 Å². The van der Waals surface area contributed by atoms with E-state index in [1.165, 1.54) is 0 Å². The second-order valence-corrected chi connectivity index (χ2v) is 4.32. The van der Waals surface area contributed by atoms with E-state index < -0.39 is 0 Å². The second kappa shape index (κ2) is 4.30. The number of phenols is 1. The molecule has 0 fully saturated rings. The van der Waals surface area contributed by atoms with Gasteiger partial charge in [-0.05, 0) is 24.1 Å². The summed E-state index contributed by atoms with van der Waals surface area (Å²) in [5.74, 6) is 0.723. The van der Waals surface area contributed by atoms with Crippen molar-refractivity contribution < 1.29 is 5.11 Å². The Morgan fingerprint density at radius 3 is 2.65 bits per heavy atom. The van der Waals surface area contributed by atoms with Gasteiger partial charge in [-0.2, -0.15) is 5.10 Å². The summed E-state index contributed by atoms with van der Waals surface area (Å²) in [6.07, 6.45) is 2.33. The fourth-order valence-electron chi connectivity index (χ4n) is 1.79. The first-order valence-electron chi connectivity index (χ1n) is 5.33. The Bertz CT molecular complexity index is 563. The number of nitrogens with two attached hydrogens (primary N) is 1. The number of hydrogen-bond acceptors (Lipinski definition) is 3. The van der Waals surface area contributed by atoms with E-state index in [2.05, 4.69) is 5.10 Å². The van der Waals surface area contributed by atoms with E-state index in [1.54, 1.807) is 30.1 Å². The van der Waals surface area contributed by atoms with Crippen LogP contribution >= 0.6 is 11.6 Å². The van der Waals surface area contributed by atoms with E-state index in [0.29, 0.717) is 28.4 Å². The summed E-state index contributed by atoms with van der Waals surface area (Å²) in [6, 6.07) is 3.45. The molecule has 0 radical (unpaired) electrons. The highest BCUT2D eigenvalue weighted by Gasteiger charge is 2.15. The normalized spacial score (nSPS) is 10.8. The van der Waals surface area contributed by atoms with Crippen LogP contribution in [-0.2, 0) is 13.5 Å². The summed E-state index contributed by atoms with van der Waals surface area (Å²) in [5.41, 5.74) is 8.01. The summed E-state index contributed by atoms with van der Waals surface area (Å²) in [6.45, 7) is 1.96. The average molecular weight is 252 g/mol. The lowest BCUT2D eigenvalue weighted by Gasteiger charge is -2.09. The van der Waals surface area contributed by atoms with Gasteiger partial charge in [0, 0.05) is 23.2 Å². The van der Waals surface area contributed by atoms with Gasteiger partial charge in [-0.15, -0.1) is 0 Å². The molecule has 5 heteroatoms. The number of phenolic OH excluding ortho intramolecular Hbond substituents is 1. The fraction of sp³-hybridized carbons (Fsp3) is 0.250. The number of aromatic hydroxyl groups is 1. The molecule has 2 aromatic rings. The van der Waals surface area contributed by atoms with E-state index in [1.807, 2.05) is 6.92 Å². The molecule has 0 saturated carbocycles. The highest BCUT2D eigenvalue weighted by Crippen LogP contribution is 2.37. The molecule has 0 bridgehead atoms. The maximum absolute atomic E-state index is 10.1. The van der Waals surface area contributed by atoms with Crippen molar-refractivity contribution in [2.24, 2.45) is 7.05 Å². The number of rotatable bonds is 2. The van der Waals surface area contributed by atoms with Crippen molar-refractivity contribution in [2.45, 2.75) is 13.3 Å². The lowest BCUT2D eigenvalue weighted by Crippen LogP contribution is -1.98. The predicted octanol–water partition coefficient (Wildman–Crippen LogP) is 2.59.